The van der Waals surface area contributed by atoms with Crippen molar-refractivity contribution in [1.82, 2.24) is 0 Å². The summed E-state index contributed by atoms with van der Waals surface area (Å²) in [7, 11) is 0. The van der Waals surface area contributed by atoms with E-state index in [9.17, 15) is 0 Å². The Hall–Kier alpha value is -0.700. The summed E-state index contributed by atoms with van der Waals surface area (Å²) < 4.78 is 12.8. The van der Waals surface area contributed by atoms with Gasteiger partial charge in [-0.15, -0.1) is 11.3 Å². The van der Waals surface area contributed by atoms with E-state index in [1.165, 1.54) is 112 Å². The van der Waals surface area contributed by atoms with Crippen molar-refractivity contribution in [1.29, 1.82) is 0 Å². The van der Waals surface area contributed by atoms with Crippen molar-refractivity contribution in [2.75, 3.05) is 6.61 Å². The van der Waals surface area contributed by atoms with Crippen LogP contribution in [0.4, 0.5) is 0 Å². The molecule has 0 spiro atoms. The number of ether oxygens (including phenoxy) is 2. The topological polar surface area (TPSA) is 18.5 Å². The molecule has 0 aromatic carbocycles. The van der Waals surface area contributed by atoms with Crippen LogP contribution in [0.3, 0.4) is 0 Å². The van der Waals surface area contributed by atoms with Gasteiger partial charge >= 0.3 is 0 Å². The minimum atomic E-state index is 0.252. The summed E-state index contributed by atoms with van der Waals surface area (Å²) in [6.07, 6.45) is 22.4. The molecule has 2 nitrogen and oxygen atoms in total. The van der Waals surface area contributed by atoms with Gasteiger partial charge in [0.25, 0.3) is 0 Å². The van der Waals surface area contributed by atoms with Crippen molar-refractivity contribution < 1.29 is 9.47 Å². The lowest BCUT2D eigenvalue weighted by Crippen LogP contribution is -2.29. The van der Waals surface area contributed by atoms with Crippen molar-refractivity contribution >= 4 is 11.3 Å². The highest BCUT2D eigenvalue weighted by Crippen LogP contribution is 2.46. The highest BCUT2D eigenvalue weighted by molar-refractivity contribution is 7.12. The minimum Gasteiger partial charge on any atom is -0.485 e. The van der Waals surface area contributed by atoms with Crippen molar-refractivity contribution in [3.05, 3.63) is 9.75 Å². The van der Waals surface area contributed by atoms with Gasteiger partial charge in [0.15, 0.2) is 11.5 Å². The molecule has 0 amide bonds. The predicted octanol–water partition coefficient (Wildman–Crippen LogP) is 8.88. The molecule has 1 unspecified atom stereocenters. The van der Waals surface area contributed by atoms with Crippen LogP contribution in [0.25, 0.3) is 0 Å². The Balaban J connectivity index is 1.90. The lowest BCUT2D eigenvalue weighted by Gasteiger charge is -2.26. The summed E-state index contributed by atoms with van der Waals surface area (Å²) in [5, 5.41) is 0. The predicted molar refractivity (Wildman–Crippen MR) is 128 cm³/mol. The minimum absolute atomic E-state index is 0.252. The molecule has 168 valence electrons. The smallest absolute Gasteiger partial charge is 0.175 e. The molecular weight excluding hydrogens is 376 g/mol. The van der Waals surface area contributed by atoms with Crippen molar-refractivity contribution in [2.45, 2.75) is 136 Å². The fraction of sp³-hybridized carbons (Fsp3) is 0.846. The molecule has 1 aromatic heterocycles. The lowest BCUT2D eigenvalue weighted by atomic mass is 10.1. The van der Waals surface area contributed by atoms with Gasteiger partial charge in [-0.25, -0.2) is 0 Å². The van der Waals surface area contributed by atoms with Crippen LogP contribution < -0.4 is 9.47 Å². The lowest BCUT2D eigenvalue weighted by molar-refractivity contribution is 0.0827. The fourth-order valence-corrected chi connectivity index (χ4v) is 5.44. The van der Waals surface area contributed by atoms with Crippen molar-refractivity contribution in [3.63, 3.8) is 0 Å². The Kier molecular flexibility index (Phi) is 12.8. The van der Waals surface area contributed by atoms with Gasteiger partial charge in [-0.3, -0.25) is 0 Å². The van der Waals surface area contributed by atoms with Crippen LogP contribution in [-0.2, 0) is 12.8 Å². The number of rotatable bonds is 17. The SMILES string of the molecule is CCCCCCCCc1sc(CCCCCCCC)c2c1OCC(CCCC)O2. The summed E-state index contributed by atoms with van der Waals surface area (Å²) in [5.74, 6) is 2.23. The number of thiophene rings is 1. The molecule has 0 bridgehead atoms. The van der Waals surface area contributed by atoms with E-state index in [-0.39, 0.29) is 6.10 Å². The first-order chi connectivity index (χ1) is 14.3. The van der Waals surface area contributed by atoms with E-state index in [0.29, 0.717) is 0 Å². The fourth-order valence-electron chi connectivity index (χ4n) is 4.17. The molecule has 1 aromatic rings. The molecule has 0 fully saturated rings. The second kappa shape index (κ2) is 15.2. The van der Waals surface area contributed by atoms with Crippen LogP contribution in [0.1, 0.15) is 127 Å². The summed E-state index contributed by atoms with van der Waals surface area (Å²) in [5.41, 5.74) is 0. The Morgan fingerprint density at radius 2 is 1.17 bits per heavy atom. The molecule has 1 atom stereocenters. The van der Waals surface area contributed by atoms with Crippen LogP contribution in [0, 0.1) is 0 Å². The van der Waals surface area contributed by atoms with E-state index in [2.05, 4.69) is 20.8 Å². The quantitative estimate of drug-likeness (QED) is 0.233. The molecule has 3 heteroatoms. The highest BCUT2D eigenvalue weighted by atomic mass is 32.1. The molecule has 0 aliphatic carbocycles. The number of aryl methyl sites for hydroxylation is 2. The molecule has 0 radical (unpaired) electrons. The van der Waals surface area contributed by atoms with Crippen LogP contribution in [0.2, 0.25) is 0 Å². The molecular formula is C26H46O2S. The summed E-state index contributed by atoms with van der Waals surface area (Å²) >= 11 is 1.99. The molecule has 0 saturated heterocycles. The average molecular weight is 423 g/mol. The second-order valence-corrected chi connectivity index (χ2v) is 10.0. The van der Waals surface area contributed by atoms with E-state index in [1.807, 2.05) is 11.3 Å². The first kappa shape index (κ1) is 24.6. The van der Waals surface area contributed by atoms with Crippen LogP contribution in [0.5, 0.6) is 11.5 Å². The first-order valence-electron chi connectivity index (χ1n) is 12.7. The van der Waals surface area contributed by atoms with Crippen LogP contribution >= 0.6 is 11.3 Å². The number of hydrogen-bond acceptors (Lipinski definition) is 3. The first-order valence-corrected chi connectivity index (χ1v) is 13.6. The maximum atomic E-state index is 6.49. The molecule has 2 heterocycles. The Labute approximate surface area is 184 Å². The zero-order chi connectivity index (χ0) is 20.7. The standard InChI is InChI=1S/C26H46O2S/c1-4-7-10-12-14-16-19-23-25-26(28-22(21-27-25)18-9-6-3)24(29-23)20-17-15-13-11-8-5-2/h22H,4-21H2,1-3H3. The zero-order valence-corrected chi connectivity index (χ0v) is 20.3. The number of hydrogen-bond donors (Lipinski definition) is 0. The number of unbranched alkanes of at least 4 members (excludes halogenated alkanes) is 11. The van der Waals surface area contributed by atoms with Gasteiger partial charge < -0.3 is 9.47 Å². The third kappa shape index (κ3) is 8.90. The molecule has 2 rings (SSSR count). The van der Waals surface area contributed by atoms with Gasteiger partial charge in [-0.05, 0) is 38.5 Å². The van der Waals surface area contributed by atoms with Gasteiger partial charge in [0.1, 0.15) is 12.7 Å². The van der Waals surface area contributed by atoms with Gasteiger partial charge in [-0.1, -0.05) is 91.4 Å². The van der Waals surface area contributed by atoms with E-state index in [1.54, 1.807) is 0 Å². The molecule has 0 saturated carbocycles. The Morgan fingerprint density at radius 1 is 0.655 bits per heavy atom. The monoisotopic (exact) mass is 422 g/mol. The van der Waals surface area contributed by atoms with Crippen LogP contribution in [0.15, 0.2) is 0 Å². The van der Waals surface area contributed by atoms with Gasteiger partial charge in [0.2, 0.25) is 0 Å². The normalized spacial score (nSPS) is 15.8. The molecule has 1 aliphatic rings. The maximum Gasteiger partial charge on any atom is 0.175 e. The van der Waals surface area contributed by atoms with Gasteiger partial charge in [0, 0.05) is 0 Å². The van der Waals surface area contributed by atoms with E-state index in [4.69, 9.17) is 9.47 Å². The maximum absolute atomic E-state index is 6.49. The second-order valence-electron chi connectivity index (χ2n) is 8.84. The van der Waals surface area contributed by atoms with Crippen LogP contribution in [-0.4, -0.2) is 12.7 Å². The van der Waals surface area contributed by atoms with Gasteiger partial charge in [0.05, 0.1) is 9.75 Å². The molecule has 29 heavy (non-hydrogen) atoms. The Morgan fingerprint density at radius 3 is 1.76 bits per heavy atom. The van der Waals surface area contributed by atoms with Gasteiger partial charge in [-0.2, -0.15) is 0 Å². The third-order valence-corrected chi connectivity index (χ3v) is 7.32. The van der Waals surface area contributed by atoms with E-state index >= 15 is 0 Å². The zero-order valence-electron chi connectivity index (χ0n) is 19.5. The average Bonchev–Trinajstić information content (AvgIpc) is 3.08. The molecule has 1 aliphatic heterocycles. The van der Waals surface area contributed by atoms with E-state index in [0.717, 1.165) is 24.5 Å². The van der Waals surface area contributed by atoms with Crippen molar-refractivity contribution in [2.24, 2.45) is 0 Å². The largest absolute Gasteiger partial charge is 0.485 e. The highest BCUT2D eigenvalue weighted by Gasteiger charge is 2.28. The summed E-state index contributed by atoms with van der Waals surface area (Å²) in [6, 6.07) is 0. The number of fused-ring (bicyclic) bond motifs is 1. The Bertz CT molecular complexity index is 537. The summed E-state index contributed by atoms with van der Waals surface area (Å²) in [6.45, 7) is 7.57. The van der Waals surface area contributed by atoms with E-state index < -0.39 is 0 Å². The summed E-state index contributed by atoms with van der Waals surface area (Å²) in [4.78, 5) is 2.91. The third-order valence-electron chi connectivity index (χ3n) is 6.05. The molecule has 0 N–H and O–H groups in total. The van der Waals surface area contributed by atoms with Crippen molar-refractivity contribution in [3.8, 4) is 11.5 Å².